The lowest BCUT2D eigenvalue weighted by molar-refractivity contribution is 0.102. The Bertz CT molecular complexity index is 1110. The van der Waals surface area contributed by atoms with Gasteiger partial charge in [0.2, 0.25) is 10.0 Å². The summed E-state index contributed by atoms with van der Waals surface area (Å²) in [6.45, 7) is 6.14. The van der Waals surface area contributed by atoms with Crippen molar-refractivity contribution in [3.63, 3.8) is 0 Å². The summed E-state index contributed by atoms with van der Waals surface area (Å²) in [6, 6.07) is 11.6. The van der Waals surface area contributed by atoms with E-state index in [9.17, 15) is 13.2 Å². The van der Waals surface area contributed by atoms with Gasteiger partial charge in [-0.3, -0.25) is 15.1 Å². The first kappa shape index (κ1) is 21.1. The summed E-state index contributed by atoms with van der Waals surface area (Å²) in [5.74, 6) is -0.414. The van der Waals surface area contributed by atoms with Crippen molar-refractivity contribution < 1.29 is 13.2 Å². The lowest BCUT2D eigenvalue weighted by Crippen LogP contribution is -2.30. The summed E-state index contributed by atoms with van der Waals surface area (Å²) in [7, 11) is -3.64. The van der Waals surface area contributed by atoms with Gasteiger partial charge in [-0.2, -0.15) is 4.31 Å². The van der Waals surface area contributed by atoms with Crippen LogP contribution in [0.1, 0.15) is 29.9 Å². The quantitative estimate of drug-likeness (QED) is 0.616. The van der Waals surface area contributed by atoms with Crippen molar-refractivity contribution in [1.29, 1.82) is 0 Å². The zero-order chi connectivity index (χ0) is 21.0. The normalized spacial score (nSPS) is 11.6. The number of nitrogens with one attached hydrogen (secondary N) is 1. The molecular formula is C20H22N4O3S2. The van der Waals surface area contributed by atoms with Crippen molar-refractivity contribution in [2.24, 2.45) is 0 Å². The fraction of sp³-hybridized carbons (Fsp3) is 0.250. The highest BCUT2D eigenvalue weighted by molar-refractivity contribution is 7.89. The summed E-state index contributed by atoms with van der Waals surface area (Å²) in [5, 5.41) is 3.19. The van der Waals surface area contributed by atoms with Crippen LogP contribution in [0.5, 0.6) is 0 Å². The number of rotatable bonds is 7. The van der Waals surface area contributed by atoms with E-state index in [0.717, 1.165) is 16.3 Å². The number of nitrogens with zero attached hydrogens (tertiary/aromatic N) is 3. The van der Waals surface area contributed by atoms with Crippen molar-refractivity contribution in [3.05, 3.63) is 59.9 Å². The predicted octanol–water partition coefficient (Wildman–Crippen LogP) is 3.80. The van der Waals surface area contributed by atoms with Crippen LogP contribution in [0.2, 0.25) is 0 Å². The molecule has 0 aliphatic heterocycles. The van der Waals surface area contributed by atoms with E-state index in [1.54, 1.807) is 32.2 Å². The molecule has 0 atom stereocenters. The first-order chi connectivity index (χ1) is 13.9. The van der Waals surface area contributed by atoms with Crippen LogP contribution in [0, 0.1) is 6.92 Å². The van der Waals surface area contributed by atoms with E-state index in [0.29, 0.717) is 18.2 Å². The van der Waals surface area contributed by atoms with Gasteiger partial charge in [0, 0.05) is 24.8 Å². The molecule has 0 unspecified atom stereocenters. The van der Waals surface area contributed by atoms with Crippen LogP contribution in [0.25, 0.3) is 10.6 Å². The highest BCUT2D eigenvalue weighted by atomic mass is 32.2. The first-order valence-corrected chi connectivity index (χ1v) is 11.4. The number of thiazole rings is 1. The predicted molar refractivity (Wildman–Crippen MR) is 115 cm³/mol. The zero-order valence-electron chi connectivity index (χ0n) is 16.4. The Morgan fingerprint density at radius 3 is 2.55 bits per heavy atom. The molecule has 29 heavy (non-hydrogen) atoms. The molecule has 9 heteroatoms. The molecule has 3 aromatic rings. The van der Waals surface area contributed by atoms with Gasteiger partial charge in [0.1, 0.15) is 0 Å². The van der Waals surface area contributed by atoms with E-state index in [-0.39, 0.29) is 10.5 Å². The van der Waals surface area contributed by atoms with Crippen molar-refractivity contribution in [1.82, 2.24) is 14.3 Å². The summed E-state index contributed by atoms with van der Waals surface area (Å²) in [5.41, 5.74) is 1.81. The van der Waals surface area contributed by atoms with Crippen LogP contribution in [0.4, 0.5) is 5.13 Å². The molecule has 2 heterocycles. The molecule has 1 aromatic carbocycles. The molecule has 0 fully saturated rings. The van der Waals surface area contributed by atoms with Gasteiger partial charge in [0.25, 0.3) is 5.91 Å². The summed E-state index contributed by atoms with van der Waals surface area (Å²) < 4.78 is 26.8. The summed E-state index contributed by atoms with van der Waals surface area (Å²) in [4.78, 5) is 22.4. The van der Waals surface area contributed by atoms with Crippen LogP contribution in [0.3, 0.4) is 0 Å². The maximum absolute atomic E-state index is 12.7. The Labute approximate surface area is 174 Å². The number of carbonyl (C=O) groups is 1. The molecule has 1 amide bonds. The molecular weight excluding hydrogens is 408 g/mol. The van der Waals surface area contributed by atoms with E-state index in [4.69, 9.17) is 0 Å². The minimum atomic E-state index is -3.64. The topological polar surface area (TPSA) is 92.3 Å². The minimum Gasteiger partial charge on any atom is -0.298 e. The number of aromatic nitrogens is 2. The van der Waals surface area contributed by atoms with E-state index < -0.39 is 15.9 Å². The number of hydrogen-bond acceptors (Lipinski definition) is 6. The third-order valence-electron chi connectivity index (χ3n) is 4.35. The highest BCUT2D eigenvalue weighted by Crippen LogP contribution is 2.31. The van der Waals surface area contributed by atoms with E-state index >= 15 is 0 Å². The van der Waals surface area contributed by atoms with Gasteiger partial charge in [-0.1, -0.05) is 37.3 Å². The first-order valence-electron chi connectivity index (χ1n) is 9.17. The molecule has 0 aliphatic rings. The molecule has 0 spiro atoms. The van der Waals surface area contributed by atoms with Gasteiger partial charge in [-0.25, -0.2) is 13.4 Å². The number of aryl methyl sites for hydroxylation is 1. The fourth-order valence-corrected chi connectivity index (χ4v) is 5.31. The third kappa shape index (κ3) is 4.52. The Kier molecular flexibility index (Phi) is 6.41. The van der Waals surface area contributed by atoms with Gasteiger partial charge in [0.15, 0.2) is 5.13 Å². The molecule has 0 radical (unpaired) electrons. The summed E-state index contributed by atoms with van der Waals surface area (Å²) in [6.07, 6.45) is 1.70. The van der Waals surface area contributed by atoms with Gasteiger partial charge in [-0.05, 0) is 37.3 Å². The molecule has 1 N–H and O–H groups in total. The number of anilines is 1. The fourth-order valence-electron chi connectivity index (χ4n) is 2.86. The molecule has 0 saturated carbocycles. The average Bonchev–Trinajstić information content (AvgIpc) is 3.09. The maximum Gasteiger partial charge on any atom is 0.257 e. The molecule has 3 rings (SSSR count). The second-order valence-corrected chi connectivity index (χ2v) is 9.16. The molecule has 152 valence electrons. The second-order valence-electron chi connectivity index (χ2n) is 6.22. The second kappa shape index (κ2) is 8.81. The van der Waals surface area contributed by atoms with Crippen LogP contribution in [-0.2, 0) is 10.0 Å². The molecule has 0 saturated heterocycles. The molecule has 0 bridgehead atoms. The number of benzene rings is 1. The summed E-state index contributed by atoms with van der Waals surface area (Å²) >= 11 is 1.33. The maximum atomic E-state index is 12.7. The van der Waals surface area contributed by atoms with Crippen LogP contribution in [0.15, 0.2) is 53.6 Å². The largest absolute Gasteiger partial charge is 0.298 e. The third-order valence-corrected chi connectivity index (χ3v) is 7.50. The van der Waals surface area contributed by atoms with Crippen molar-refractivity contribution in [3.8, 4) is 10.6 Å². The van der Waals surface area contributed by atoms with Crippen LogP contribution < -0.4 is 5.32 Å². The van der Waals surface area contributed by atoms with Crippen LogP contribution >= 0.6 is 11.3 Å². The Balaban J connectivity index is 1.84. The Hall–Kier alpha value is -2.62. The Morgan fingerprint density at radius 1 is 1.14 bits per heavy atom. The number of amides is 1. The van der Waals surface area contributed by atoms with Gasteiger partial charge in [-0.15, -0.1) is 0 Å². The Morgan fingerprint density at radius 2 is 1.90 bits per heavy atom. The van der Waals surface area contributed by atoms with Crippen molar-refractivity contribution >= 4 is 32.4 Å². The van der Waals surface area contributed by atoms with Gasteiger partial charge in [0.05, 0.1) is 21.2 Å². The monoisotopic (exact) mass is 430 g/mol. The molecule has 0 aliphatic carbocycles. The van der Waals surface area contributed by atoms with Crippen LogP contribution in [-0.4, -0.2) is 41.7 Å². The van der Waals surface area contributed by atoms with E-state index in [1.807, 2.05) is 25.1 Å². The number of sulfonamides is 1. The lowest BCUT2D eigenvalue weighted by Gasteiger charge is -2.18. The van der Waals surface area contributed by atoms with Crippen molar-refractivity contribution in [2.75, 3.05) is 18.4 Å². The van der Waals surface area contributed by atoms with Gasteiger partial charge >= 0.3 is 0 Å². The number of hydrogen-bond donors (Lipinski definition) is 1. The lowest BCUT2D eigenvalue weighted by atomic mass is 10.2. The van der Waals surface area contributed by atoms with E-state index in [2.05, 4.69) is 15.3 Å². The SMILES string of the molecule is CCN(CC)S(=O)(=O)c1cccc(C(=O)Nc2nc(C)c(-c3ccccn3)s2)c1. The highest BCUT2D eigenvalue weighted by Gasteiger charge is 2.23. The number of pyridine rings is 1. The zero-order valence-corrected chi connectivity index (χ0v) is 18.0. The average molecular weight is 431 g/mol. The van der Waals surface area contributed by atoms with Gasteiger partial charge < -0.3 is 0 Å². The minimum absolute atomic E-state index is 0.0957. The van der Waals surface area contributed by atoms with E-state index in [1.165, 1.54) is 27.8 Å². The molecule has 2 aromatic heterocycles. The standard InChI is InChI=1S/C20H22N4O3S2/c1-4-24(5-2)29(26,27)16-10-8-9-15(13-16)19(25)23-20-22-14(3)18(28-20)17-11-6-7-12-21-17/h6-13H,4-5H2,1-3H3,(H,22,23,25). The molecule has 7 nitrogen and oxygen atoms in total. The number of carbonyl (C=O) groups excluding carboxylic acids is 1. The van der Waals surface area contributed by atoms with Crippen molar-refractivity contribution in [2.45, 2.75) is 25.7 Å². The smallest absolute Gasteiger partial charge is 0.257 e.